The molecule has 1 aromatic rings. The molecule has 7 nitrogen and oxygen atoms in total. The SMILES string of the molecule is O=C(O)c1cc(S(=O)(=O)NCC2CC(O)C2)ccc1O. The summed E-state index contributed by atoms with van der Waals surface area (Å²) in [7, 11) is -3.83. The summed E-state index contributed by atoms with van der Waals surface area (Å²) < 4.78 is 26.4. The van der Waals surface area contributed by atoms with Crippen LogP contribution in [0, 0.1) is 5.92 Å². The lowest BCUT2D eigenvalue weighted by atomic mass is 9.83. The first kappa shape index (κ1) is 14.8. The van der Waals surface area contributed by atoms with Crippen molar-refractivity contribution in [2.24, 2.45) is 5.92 Å². The van der Waals surface area contributed by atoms with Gasteiger partial charge in [0, 0.05) is 6.54 Å². The molecule has 0 aromatic heterocycles. The third kappa shape index (κ3) is 3.09. The third-order valence-electron chi connectivity index (χ3n) is 3.28. The van der Waals surface area contributed by atoms with Gasteiger partial charge in [-0.15, -0.1) is 0 Å². The highest BCUT2D eigenvalue weighted by atomic mass is 32.2. The van der Waals surface area contributed by atoms with Crippen molar-refractivity contribution in [2.75, 3.05) is 6.54 Å². The van der Waals surface area contributed by atoms with E-state index in [4.69, 9.17) is 10.2 Å². The van der Waals surface area contributed by atoms with Crippen LogP contribution in [-0.4, -0.2) is 42.4 Å². The van der Waals surface area contributed by atoms with Crippen LogP contribution in [0.15, 0.2) is 23.1 Å². The van der Waals surface area contributed by atoms with Gasteiger partial charge in [-0.1, -0.05) is 0 Å². The zero-order valence-corrected chi connectivity index (χ0v) is 11.3. The Balaban J connectivity index is 2.12. The van der Waals surface area contributed by atoms with Gasteiger partial charge in [0.05, 0.1) is 11.0 Å². The predicted molar refractivity (Wildman–Crippen MR) is 69.0 cm³/mol. The lowest BCUT2D eigenvalue weighted by Gasteiger charge is -2.31. The molecule has 0 amide bonds. The van der Waals surface area contributed by atoms with Crippen LogP contribution in [0.3, 0.4) is 0 Å². The Labute approximate surface area is 115 Å². The first-order valence-electron chi connectivity index (χ1n) is 6.03. The molecule has 0 atom stereocenters. The molecule has 0 radical (unpaired) electrons. The Hall–Kier alpha value is -1.64. The maximum Gasteiger partial charge on any atom is 0.339 e. The number of aromatic carboxylic acids is 1. The molecule has 1 aliphatic rings. The number of rotatable bonds is 5. The van der Waals surface area contributed by atoms with Crippen LogP contribution in [0.2, 0.25) is 0 Å². The number of carbonyl (C=O) groups is 1. The number of carboxylic acids is 1. The van der Waals surface area contributed by atoms with E-state index in [0.29, 0.717) is 12.8 Å². The molecule has 1 aliphatic carbocycles. The summed E-state index contributed by atoms with van der Waals surface area (Å²) in [6, 6.07) is 3.08. The Bertz CT molecular complexity index is 621. The normalized spacial score (nSPS) is 22.2. The summed E-state index contributed by atoms with van der Waals surface area (Å²) in [4.78, 5) is 10.6. The van der Waals surface area contributed by atoms with Crippen LogP contribution in [0.5, 0.6) is 5.75 Å². The average Bonchev–Trinajstić information content (AvgIpc) is 2.33. The number of sulfonamides is 1. The number of benzene rings is 1. The van der Waals surface area contributed by atoms with E-state index in [1.165, 1.54) is 0 Å². The van der Waals surface area contributed by atoms with E-state index in [1.54, 1.807) is 0 Å². The summed E-state index contributed by atoms with van der Waals surface area (Å²) in [5, 5.41) is 27.3. The zero-order chi connectivity index (χ0) is 14.9. The number of nitrogens with one attached hydrogen (secondary N) is 1. The van der Waals surface area contributed by atoms with Gasteiger partial charge >= 0.3 is 5.97 Å². The first-order chi connectivity index (χ1) is 9.29. The van der Waals surface area contributed by atoms with Crippen molar-refractivity contribution in [3.8, 4) is 5.75 Å². The summed E-state index contributed by atoms with van der Waals surface area (Å²) in [5.41, 5.74) is -0.466. The monoisotopic (exact) mass is 301 g/mol. The molecule has 0 bridgehead atoms. The Morgan fingerprint density at radius 2 is 2.00 bits per heavy atom. The van der Waals surface area contributed by atoms with Crippen LogP contribution in [-0.2, 0) is 10.0 Å². The van der Waals surface area contributed by atoms with Gasteiger partial charge in [-0.05, 0) is 37.0 Å². The van der Waals surface area contributed by atoms with Crippen molar-refractivity contribution in [3.05, 3.63) is 23.8 Å². The molecule has 0 unspecified atom stereocenters. The smallest absolute Gasteiger partial charge is 0.339 e. The van der Waals surface area contributed by atoms with Crippen LogP contribution in [0.1, 0.15) is 23.2 Å². The molecular weight excluding hydrogens is 286 g/mol. The van der Waals surface area contributed by atoms with E-state index in [2.05, 4.69) is 4.72 Å². The molecule has 0 saturated heterocycles. The molecule has 2 rings (SSSR count). The van der Waals surface area contributed by atoms with E-state index in [-0.39, 0.29) is 23.5 Å². The van der Waals surface area contributed by atoms with Crippen LogP contribution in [0.25, 0.3) is 0 Å². The molecule has 0 spiro atoms. The molecule has 20 heavy (non-hydrogen) atoms. The zero-order valence-electron chi connectivity index (χ0n) is 10.5. The molecule has 1 fully saturated rings. The summed E-state index contributed by atoms with van der Waals surface area (Å²) in [6.45, 7) is 0.197. The molecule has 0 heterocycles. The van der Waals surface area contributed by atoms with Gasteiger partial charge in [-0.2, -0.15) is 0 Å². The van der Waals surface area contributed by atoms with Gasteiger partial charge < -0.3 is 15.3 Å². The molecule has 1 saturated carbocycles. The van der Waals surface area contributed by atoms with Gasteiger partial charge in [0.1, 0.15) is 11.3 Å². The summed E-state index contributed by atoms with van der Waals surface area (Å²) in [5.74, 6) is -1.80. The van der Waals surface area contributed by atoms with Crippen molar-refractivity contribution in [1.29, 1.82) is 0 Å². The number of phenols is 1. The highest BCUT2D eigenvalue weighted by molar-refractivity contribution is 7.89. The topological polar surface area (TPSA) is 124 Å². The number of aliphatic hydroxyl groups excluding tert-OH is 1. The van der Waals surface area contributed by atoms with Gasteiger partial charge in [-0.25, -0.2) is 17.9 Å². The van der Waals surface area contributed by atoms with Crippen molar-refractivity contribution >= 4 is 16.0 Å². The van der Waals surface area contributed by atoms with Crippen molar-refractivity contribution in [3.63, 3.8) is 0 Å². The number of carboxylic acid groups (broad SMARTS) is 1. The van der Waals surface area contributed by atoms with Gasteiger partial charge in [-0.3, -0.25) is 0 Å². The highest BCUT2D eigenvalue weighted by Crippen LogP contribution is 2.27. The van der Waals surface area contributed by atoms with Gasteiger partial charge in [0.15, 0.2) is 0 Å². The fraction of sp³-hybridized carbons (Fsp3) is 0.417. The molecule has 1 aromatic carbocycles. The second-order valence-corrected chi connectivity index (χ2v) is 6.59. The molecular formula is C12H15NO6S. The number of aromatic hydroxyl groups is 1. The predicted octanol–water partition coefficient (Wildman–Crippen LogP) is 0.140. The van der Waals surface area contributed by atoms with Crippen LogP contribution >= 0.6 is 0 Å². The van der Waals surface area contributed by atoms with Crippen molar-refractivity contribution < 1.29 is 28.5 Å². The minimum Gasteiger partial charge on any atom is -0.507 e. The molecule has 8 heteroatoms. The number of hydrogen-bond donors (Lipinski definition) is 4. The summed E-state index contributed by atoms with van der Waals surface area (Å²) in [6.07, 6.45) is 0.744. The second-order valence-electron chi connectivity index (χ2n) is 4.83. The van der Waals surface area contributed by atoms with Crippen molar-refractivity contribution in [2.45, 2.75) is 23.8 Å². The number of aliphatic hydroxyl groups is 1. The van der Waals surface area contributed by atoms with Crippen molar-refractivity contribution in [1.82, 2.24) is 4.72 Å². The molecule has 0 aliphatic heterocycles. The van der Waals surface area contributed by atoms with E-state index in [1.807, 2.05) is 0 Å². The minimum atomic E-state index is -3.83. The Morgan fingerprint density at radius 1 is 1.35 bits per heavy atom. The standard InChI is InChI=1S/C12H15NO6S/c14-8-3-7(4-8)6-13-20(18,19)9-1-2-11(15)10(5-9)12(16)17/h1-2,5,7-8,13-15H,3-4,6H2,(H,16,17). The summed E-state index contributed by atoms with van der Waals surface area (Å²) >= 11 is 0. The maximum atomic E-state index is 12.0. The fourth-order valence-corrected chi connectivity index (χ4v) is 3.17. The lowest BCUT2D eigenvalue weighted by Crippen LogP contribution is -2.38. The van der Waals surface area contributed by atoms with Crippen LogP contribution in [0.4, 0.5) is 0 Å². The van der Waals surface area contributed by atoms with E-state index in [9.17, 15) is 18.3 Å². The lowest BCUT2D eigenvalue weighted by molar-refractivity contribution is 0.0453. The molecule has 110 valence electrons. The third-order valence-corrected chi connectivity index (χ3v) is 4.70. The largest absolute Gasteiger partial charge is 0.507 e. The molecule has 4 N–H and O–H groups in total. The quantitative estimate of drug-likeness (QED) is 0.613. The average molecular weight is 301 g/mol. The van der Waals surface area contributed by atoms with E-state index >= 15 is 0 Å². The fourth-order valence-electron chi connectivity index (χ4n) is 2.03. The minimum absolute atomic E-state index is 0.0934. The first-order valence-corrected chi connectivity index (χ1v) is 7.52. The second kappa shape index (κ2) is 5.39. The Kier molecular flexibility index (Phi) is 3.98. The van der Waals surface area contributed by atoms with Gasteiger partial charge in [0.2, 0.25) is 10.0 Å². The number of hydrogen-bond acceptors (Lipinski definition) is 5. The van der Waals surface area contributed by atoms with E-state index in [0.717, 1.165) is 18.2 Å². The van der Waals surface area contributed by atoms with Gasteiger partial charge in [0.25, 0.3) is 0 Å². The maximum absolute atomic E-state index is 12.0. The Morgan fingerprint density at radius 3 is 2.55 bits per heavy atom. The highest BCUT2D eigenvalue weighted by Gasteiger charge is 2.28. The van der Waals surface area contributed by atoms with E-state index < -0.39 is 27.3 Å². The van der Waals surface area contributed by atoms with Crippen LogP contribution < -0.4 is 4.72 Å².